The van der Waals surface area contributed by atoms with E-state index in [0.717, 1.165) is 17.3 Å². The molecule has 0 amide bonds. The summed E-state index contributed by atoms with van der Waals surface area (Å²) < 4.78 is 39.3. The van der Waals surface area contributed by atoms with Gasteiger partial charge in [0.2, 0.25) is 10.0 Å². The molecule has 4 nitrogen and oxygen atoms in total. The molecule has 0 aromatic heterocycles. The maximum Gasteiger partial charge on any atom is 0.235 e. The average Bonchev–Trinajstić information content (AvgIpc) is 2.37. The van der Waals surface area contributed by atoms with Crippen LogP contribution in [-0.2, 0) is 10.0 Å². The highest BCUT2D eigenvalue weighted by Gasteiger charge is 2.22. The quantitative estimate of drug-likeness (QED) is 0.744. The number of sulfonamides is 1. The predicted octanol–water partition coefficient (Wildman–Crippen LogP) is 1.98. The molecule has 0 saturated heterocycles. The van der Waals surface area contributed by atoms with E-state index in [2.05, 4.69) is 5.32 Å². The van der Waals surface area contributed by atoms with Crippen molar-refractivity contribution < 1.29 is 12.8 Å². The first-order chi connectivity index (χ1) is 9.03. The summed E-state index contributed by atoms with van der Waals surface area (Å²) in [6, 6.07) is 5.95. The summed E-state index contributed by atoms with van der Waals surface area (Å²) >= 11 is 0. The van der Waals surface area contributed by atoms with Crippen LogP contribution in [0.15, 0.2) is 24.3 Å². The number of hydrogen-bond donors (Lipinski definition) is 1. The summed E-state index contributed by atoms with van der Waals surface area (Å²) in [5.74, 6) is -0.472. The Kier molecular flexibility index (Phi) is 6.24. The van der Waals surface area contributed by atoms with Gasteiger partial charge in [0, 0.05) is 6.54 Å². The van der Waals surface area contributed by atoms with Crippen LogP contribution in [0.3, 0.4) is 0 Å². The van der Waals surface area contributed by atoms with Gasteiger partial charge in [-0.2, -0.15) is 0 Å². The molecule has 0 aliphatic heterocycles. The SMILES string of the molecule is CCN(c1ccccc1F)S(=O)(=O)CCCCNC. The minimum atomic E-state index is -3.46. The van der Waals surface area contributed by atoms with Gasteiger partial charge in [-0.3, -0.25) is 4.31 Å². The van der Waals surface area contributed by atoms with Crippen LogP contribution in [0.4, 0.5) is 10.1 Å². The van der Waals surface area contributed by atoms with Crippen LogP contribution < -0.4 is 9.62 Å². The van der Waals surface area contributed by atoms with Gasteiger partial charge in [-0.05, 0) is 45.5 Å². The third-order valence-electron chi connectivity index (χ3n) is 2.82. The number of para-hydroxylation sites is 1. The number of halogens is 1. The number of anilines is 1. The molecule has 0 saturated carbocycles. The Morgan fingerprint density at radius 3 is 2.53 bits per heavy atom. The van der Waals surface area contributed by atoms with E-state index in [0.29, 0.717) is 6.42 Å². The molecule has 6 heteroatoms. The first kappa shape index (κ1) is 15.9. The van der Waals surface area contributed by atoms with Gasteiger partial charge >= 0.3 is 0 Å². The lowest BCUT2D eigenvalue weighted by Crippen LogP contribution is -2.33. The van der Waals surface area contributed by atoms with Crippen molar-refractivity contribution in [3.63, 3.8) is 0 Å². The van der Waals surface area contributed by atoms with Gasteiger partial charge in [0.05, 0.1) is 11.4 Å². The van der Waals surface area contributed by atoms with Crippen LogP contribution >= 0.6 is 0 Å². The van der Waals surface area contributed by atoms with E-state index >= 15 is 0 Å². The normalized spacial score (nSPS) is 11.5. The summed E-state index contributed by atoms with van der Waals surface area (Å²) in [4.78, 5) is 0. The first-order valence-corrected chi connectivity index (χ1v) is 8.03. The second kappa shape index (κ2) is 7.45. The Morgan fingerprint density at radius 1 is 1.26 bits per heavy atom. The second-order valence-electron chi connectivity index (χ2n) is 4.24. The molecule has 0 bridgehead atoms. The van der Waals surface area contributed by atoms with Crippen LogP contribution in [0.25, 0.3) is 0 Å². The number of benzene rings is 1. The van der Waals surface area contributed by atoms with Crippen molar-refractivity contribution >= 4 is 15.7 Å². The Hall–Kier alpha value is -1.14. The highest BCUT2D eigenvalue weighted by atomic mass is 32.2. The van der Waals surface area contributed by atoms with Crippen molar-refractivity contribution in [1.82, 2.24) is 5.32 Å². The van der Waals surface area contributed by atoms with Gasteiger partial charge in [0.1, 0.15) is 5.82 Å². The molecule has 0 radical (unpaired) electrons. The maximum absolute atomic E-state index is 13.7. The van der Waals surface area contributed by atoms with Crippen LogP contribution in [0.5, 0.6) is 0 Å². The third-order valence-corrected chi connectivity index (χ3v) is 4.75. The van der Waals surface area contributed by atoms with Crippen LogP contribution in [-0.4, -0.2) is 34.3 Å². The fourth-order valence-electron chi connectivity index (χ4n) is 1.87. The minimum Gasteiger partial charge on any atom is -0.320 e. The number of nitrogens with zero attached hydrogens (tertiary/aromatic N) is 1. The largest absolute Gasteiger partial charge is 0.320 e. The van der Waals surface area contributed by atoms with Gasteiger partial charge < -0.3 is 5.32 Å². The molecule has 0 unspecified atom stereocenters. The zero-order valence-electron chi connectivity index (χ0n) is 11.4. The van der Waals surface area contributed by atoms with Gasteiger partial charge in [0.15, 0.2) is 0 Å². The first-order valence-electron chi connectivity index (χ1n) is 6.42. The van der Waals surface area contributed by atoms with Crippen molar-refractivity contribution in [2.45, 2.75) is 19.8 Å². The molecule has 0 aliphatic rings. The van der Waals surface area contributed by atoms with Gasteiger partial charge in [0.25, 0.3) is 0 Å². The molecule has 19 heavy (non-hydrogen) atoms. The fourth-order valence-corrected chi connectivity index (χ4v) is 3.50. The summed E-state index contributed by atoms with van der Waals surface area (Å²) in [5, 5.41) is 2.97. The van der Waals surface area contributed by atoms with Crippen molar-refractivity contribution in [1.29, 1.82) is 0 Å². The smallest absolute Gasteiger partial charge is 0.235 e. The van der Waals surface area contributed by atoms with Gasteiger partial charge in [-0.15, -0.1) is 0 Å². The minimum absolute atomic E-state index is 0.0385. The molecule has 1 N–H and O–H groups in total. The van der Waals surface area contributed by atoms with Crippen LogP contribution in [0.1, 0.15) is 19.8 Å². The maximum atomic E-state index is 13.7. The molecule has 0 atom stereocenters. The number of nitrogens with one attached hydrogen (secondary N) is 1. The van der Waals surface area contributed by atoms with Crippen molar-refractivity contribution in [3.8, 4) is 0 Å². The number of unbranched alkanes of at least 4 members (excludes halogenated alkanes) is 1. The summed E-state index contributed by atoms with van der Waals surface area (Å²) in [7, 11) is -1.64. The molecule has 0 spiro atoms. The lowest BCUT2D eigenvalue weighted by molar-refractivity contribution is 0.581. The predicted molar refractivity (Wildman–Crippen MR) is 76.4 cm³/mol. The lowest BCUT2D eigenvalue weighted by atomic mass is 10.3. The van der Waals surface area contributed by atoms with Crippen molar-refractivity contribution in [2.24, 2.45) is 0 Å². The number of hydrogen-bond acceptors (Lipinski definition) is 3. The summed E-state index contributed by atoms with van der Waals surface area (Å²) in [6.07, 6.45) is 1.35. The van der Waals surface area contributed by atoms with E-state index in [-0.39, 0.29) is 18.0 Å². The van der Waals surface area contributed by atoms with E-state index in [1.54, 1.807) is 19.1 Å². The monoisotopic (exact) mass is 288 g/mol. The van der Waals surface area contributed by atoms with Crippen molar-refractivity contribution in [2.75, 3.05) is 30.2 Å². The zero-order valence-corrected chi connectivity index (χ0v) is 12.2. The molecule has 108 valence electrons. The zero-order chi connectivity index (χ0) is 14.3. The Balaban J connectivity index is 2.81. The molecule has 0 aliphatic carbocycles. The van der Waals surface area contributed by atoms with Crippen LogP contribution in [0.2, 0.25) is 0 Å². The Labute approximate surface area is 114 Å². The summed E-state index contributed by atoms with van der Waals surface area (Å²) in [6.45, 7) is 2.72. The van der Waals surface area contributed by atoms with E-state index in [1.807, 2.05) is 7.05 Å². The fraction of sp³-hybridized carbons (Fsp3) is 0.538. The van der Waals surface area contributed by atoms with Gasteiger partial charge in [-0.25, -0.2) is 12.8 Å². The molecular formula is C13H21FN2O2S. The van der Waals surface area contributed by atoms with E-state index in [4.69, 9.17) is 0 Å². The highest BCUT2D eigenvalue weighted by Crippen LogP contribution is 2.22. The average molecular weight is 288 g/mol. The van der Waals surface area contributed by atoms with Gasteiger partial charge in [-0.1, -0.05) is 12.1 Å². The van der Waals surface area contributed by atoms with E-state index in [1.165, 1.54) is 12.1 Å². The Bertz CT molecular complexity index is 491. The highest BCUT2D eigenvalue weighted by molar-refractivity contribution is 7.92. The second-order valence-corrected chi connectivity index (χ2v) is 6.26. The third kappa shape index (κ3) is 4.47. The van der Waals surface area contributed by atoms with Crippen LogP contribution in [0, 0.1) is 5.82 Å². The number of rotatable bonds is 8. The topological polar surface area (TPSA) is 49.4 Å². The molecular weight excluding hydrogens is 267 g/mol. The summed E-state index contributed by atoms with van der Waals surface area (Å²) in [5.41, 5.74) is 0.124. The Morgan fingerprint density at radius 2 is 1.95 bits per heavy atom. The molecule has 0 fully saturated rings. The molecule has 1 rings (SSSR count). The molecule has 1 aromatic carbocycles. The van der Waals surface area contributed by atoms with Crippen molar-refractivity contribution in [3.05, 3.63) is 30.1 Å². The standard InChI is InChI=1S/C13H21FN2O2S/c1-3-16(13-9-5-4-8-12(13)14)19(17,18)11-7-6-10-15-2/h4-5,8-9,15H,3,6-7,10-11H2,1-2H3. The molecule has 0 heterocycles. The van der Waals surface area contributed by atoms with E-state index < -0.39 is 15.8 Å². The van der Waals surface area contributed by atoms with E-state index in [9.17, 15) is 12.8 Å². The molecule has 1 aromatic rings. The lowest BCUT2D eigenvalue weighted by Gasteiger charge is -2.23.